The first kappa shape index (κ1) is 24.4. The van der Waals surface area contributed by atoms with Crippen molar-refractivity contribution in [1.82, 2.24) is 0 Å². The van der Waals surface area contributed by atoms with Crippen LogP contribution in [0, 0.1) is 0 Å². The van der Waals surface area contributed by atoms with Gasteiger partial charge in [-0.05, 0) is 64.1 Å². The second-order valence-corrected chi connectivity index (χ2v) is 7.19. The van der Waals surface area contributed by atoms with E-state index in [1.807, 2.05) is 91.0 Å². The summed E-state index contributed by atoms with van der Waals surface area (Å²) in [5.74, 6) is 2.04. The highest BCUT2D eigenvalue weighted by Crippen LogP contribution is 2.17. The number of nitrogens with zero attached hydrogens (tertiary/aromatic N) is 1. The average molecular weight is 420 g/mol. The lowest BCUT2D eigenvalue weighted by Crippen LogP contribution is -2.47. The van der Waals surface area contributed by atoms with Crippen LogP contribution in [0.4, 0.5) is 0 Å². The van der Waals surface area contributed by atoms with Crippen molar-refractivity contribution in [1.29, 1.82) is 0 Å². The molecule has 0 bridgehead atoms. The summed E-state index contributed by atoms with van der Waals surface area (Å²) in [7, 11) is -0.868. The lowest BCUT2D eigenvalue weighted by molar-refractivity contribution is -0.921. The molecule has 0 heterocycles. The highest BCUT2D eigenvalue weighted by Gasteiger charge is 2.30. The minimum Gasteiger partial charge on any atom is -0.490 e. The molecule has 0 unspecified atom stereocenters. The van der Waals surface area contributed by atoms with E-state index in [2.05, 4.69) is 27.7 Å². The number of para-hydroxylation sites is 3. The first-order valence-corrected chi connectivity index (χ1v) is 11.1. The van der Waals surface area contributed by atoms with E-state index in [0.717, 1.165) is 0 Å². The van der Waals surface area contributed by atoms with Crippen molar-refractivity contribution in [3.8, 4) is 17.2 Å². The van der Waals surface area contributed by atoms with E-state index in [-0.39, 0.29) is 0 Å². The molecule has 0 aliphatic heterocycles. The predicted octanol–water partition coefficient (Wildman–Crippen LogP) is 6.09. The van der Waals surface area contributed by atoms with Crippen LogP contribution in [0.15, 0.2) is 91.0 Å². The summed E-state index contributed by atoms with van der Waals surface area (Å²) in [6, 6.07) is 28.3. The molecule has 0 atom stereocenters. The van der Waals surface area contributed by atoms with Crippen LogP contribution in [-0.2, 0) is 0 Å². The normalized spacial score (nSPS) is 10.5. The molecule has 3 aromatic carbocycles. The van der Waals surface area contributed by atoms with Gasteiger partial charge in [-0.3, -0.25) is 0 Å². The molecule has 5 heteroatoms. The fourth-order valence-electron chi connectivity index (χ4n) is 3.24. The molecule has 3 aromatic rings. The van der Waals surface area contributed by atoms with Crippen molar-refractivity contribution in [2.24, 2.45) is 0 Å². The molecule has 164 valence electrons. The topological polar surface area (TPSA) is 27.7 Å². The molecule has 0 aliphatic carbocycles. The van der Waals surface area contributed by atoms with Gasteiger partial charge in [-0.15, -0.1) is 0 Å². The third-order valence-electron chi connectivity index (χ3n) is 5.61. The average Bonchev–Trinajstić information content (AvgIpc) is 2.83. The number of hydrogen-bond donors (Lipinski definition) is 0. The van der Waals surface area contributed by atoms with Gasteiger partial charge in [-0.25, -0.2) is 0 Å². The van der Waals surface area contributed by atoms with Gasteiger partial charge >= 0.3 is 7.32 Å². The zero-order chi connectivity index (χ0) is 22.4. The van der Waals surface area contributed by atoms with Crippen molar-refractivity contribution < 1.29 is 18.4 Å². The third kappa shape index (κ3) is 8.38. The molecule has 0 saturated carbocycles. The van der Waals surface area contributed by atoms with E-state index < -0.39 is 7.32 Å². The van der Waals surface area contributed by atoms with Crippen molar-refractivity contribution >= 4 is 7.32 Å². The van der Waals surface area contributed by atoms with Crippen LogP contribution >= 0.6 is 0 Å². The van der Waals surface area contributed by atoms with E-state index >= 15 is 0 Å². The van der Waals surface area contributed by atoms with Crippen LogP contribution in [0.25, 0.3) is 0 Å². The molecule has 4 nitrogen and oxygen atoms in total. The molecule has 31 heavy (non-hydrogen) atoms. The zero-order valence-corrected chi connectivity index (χ0v) is 19.2. The van der Waals surface area contributed by atoms with Gasteiger partial charge in [0.15, 0.2) is 0 Å². The van der Waals surface area contributed by atoms with Crippen LogP contribution in [0.3, 0.4) is 0 Å². The third-order valence-corrected chi connectivity index (χ3v) is 5.61. The molecule has 0 amide bonds. The highest BCUT2D eigenvalue weighted by atomic mass is 16.7. The molecule has 0 aliphatic rings. The Kier molecular flexibility index (Phi) is 10.5. The molecular weight excluding hydrogens is 385 g/mol. The van der Waals surface area contributed by atoms with Gasteiger partial charge in [0, 0.05) is 0 Å². The van der Waals surface area contributed by atoms with Crippen molar-refractivity contribution in [3.63, 3.8) is 0 Å². The fourth-order valence-corrected chi connectivity index (χ4v) is 3.24. The molecule has 0 radical (unpaired) electrons. The minimum absolute atomic E-state index is 0.680. The van der Waals surface area contributed by atoms with E-state index in [1.165, 1.54) is 30.7 Å². The van der Waals surface area contributed by atoms with Gasteiger partial charge in [0.25, 0.3) is 0 Å². The summed E-state index contributed by atoms with van der Waals surface area (Å²) < 4.78 is 18.6. The largest absolute Gasteiger partial charge is 0.864 e. The smallest absolute Gasteiger partial charge is 0.490 e. The highest BCUT2D eigenvalue weighted by molar-refractivity contribution is 6.39. The molecule has 0 N–H and O–H groups in total. The quantitative estimate of drug-likeness (QED) is 0.293. The Bertz CT molecular complexity index is 711. The summed E-state index contributed by atoms with van der Waals surface area (Å²) in [6.07, 6.45) is 0. The van der Waals surface area contributed by atoms with Crippen LogP contribution in [-0.4, -0.2) is 38.0 Å². The molecule has 3 rings (SSSR count). The Labute approximate surface area is 188 Å². The van der Waals surface area contributed by atoms with Crippen LogP contribution in [0.1, 0.15) is 27.7 Å². The molecule has 0 fully saturated rings. The van der Waals surface area contributed by atoms with Crippen LogP contribution in [0.2, 0.25) is 0 Å². The van der Waals surface area contributed by atoms with Crippen LogP contribution in [0.5, 0.6) is 17.2 Å². The molecule has 0 aromatic heterocycles. The monoisotopic (exact) mass is 420 g/mol. The van der Waals surface area contributed by atoms with Gasteiger partial charge in [0.05, 0.1) is 26.2 Å². The molecule has 0 saturated heterocycles. The zero-order valence-electron chi connectivity index (χ0n) is 19.2. The number of benzene rings is 3. The Hall–Kier alpha value is -2.92. The maximum atomic E-state index is 5.78. The maximum Gasteiger partial charge on any atom is 0.864 e. The lowest BCUT2D eigenvalue weighted by Gasteiger charge is -2.34. The summed E-state index contributed by atoms with van der Waals surface area (Å²) in [5.41, 5.74) is 0. The number of rotatable bonds is 10. The fraction of sp³-hybridized carbons (Fsp3) is 0.308. The summed E-state index contributed by atoms with van der Waals surface area (Å²) in [6.45, 7) is 14.2. The van der Waals surface area contributed by atoms with Gasteiger partial charge in [-0.2, -0.15) is 0 Å². The SMILES string of the molecule is CC[N+](CC)(CC)CC.c1ccc(OB(Oc2ccccc2)Oc2ccccc2)cc1. The van der Waals surface area contributed by atoms with E-state index in [4.69, 9.17) is 14.0 Å². The molecule has 0 spiro atoms. The van der Waals surface area contributed by atoms with E-state index in [9.17, 15) is 0 Å². The standard InChI is InChI=1S/C18H15BO3.C8H20N/c1-4-10-16(11-5-1)20-19(21-17-12-6-2-7-13-17)22-18-14-8-3-9-15-18;1-5-9(6-2,7-3)8-4/h1-15H;5-8H2,1-4H3/q;+1. The van der Waals surface area contributed by atoms with Crippen LogP contribution < -0.4 is 14.0 Å². The minimum atomic E-state index is -0.868. The summed E-state index contributed by atoms with van der Waals surface area (Å²) >= 11 is 0. The Morgan fingerprint density at radius 2 is 0.742 bits per heavy atom. The summed E-state index contributed by atoms with van der Waals surface area (Å²) in [4.78, 5) is 0. The van der Waals surface area contributed by atoms with Crippen molar-refractivity contribution in [2.45, 2.75) is 27.7 Å². The maximum absolute atomic E-state index is 5.78. The Morgan fingerprint density at radius 3 is 0.935 bits per heavy atom. The van der Waals surface area contributed by atoms with E-state index in [0.29, 0.717) is 17.2 Å². The van der Waals surface area contributed by atoms with Gasteiger partial charge < -0.3 is 18.4 Å². The first-order valence-electron chi connectivity index (χ1n) is 11.1. The first-order chi connectivity index (χ1) is 15.1. The van der Waals surface area contributed by atoms with Gasteiger partial charge in [-0.1, -0.05) is 54.6 Å². The Morgan fingerprint density at radius 1 is 0.484 bits per heavy atom. The predicted molar refractivity (Wildman–Crippen MR) is 129 cm³/mol. The van der Waals surface area contributed by atoms with Gasteiger partial charge in [0.2, 0.25) is 0 Å². The number of hydrogen-bond acceptors (Lipinski definition) is 3. The van der Waals surface area contributed by atoms with Crippen molar-refractivity contribution in [3.05, 3.63) is 91.0 Å². The summed E-state index contributed by atoms with van der Waals surface area (Å²) in [5, 5.41) is 0. The van der Waals surface area contributed by atoms with E-state index in [1.54, 1.807) is 0 Å². The lowest BCUT2D eigenvalue weighted by atomic mass is 10.2. The van der Waals surface area contributed by atoms with Crippen molar-refractivity contribution in [2.75, 3.05) is 26.2 Å². The molecular formula is C26H35BNO3+. The Balaban J connectivity index is 0.000000323. The van der Waals surface area contributed by atoms with Gasteiger partial charge in [0.1, 0.15) is 17.2 Å². The second kappa shape index (κ2) is 13.4. The second-order valence-electron chi connectivity index (χ2n) is 7.19. The number of quaternary nitrogens is 1.